The fourth-order valence-corrected chi connectivity index (χ4v) is 6.17. The van der Waals surface area contributed by atoms with E-state index in [9.17, 15) is 13.2 Å². The molecule has 1 amide bonds. The Bertz CT molecular complexity index is 1050. The number of rotatable bonds is 7. The summed E-state index contributed by atoms with van der Waals surface area (Å²) in [6.45, 7) is 6.38. The number of amides is 1. The maximum Gasteiger partial charge on any atom is 0.243 e. The molecule has 2 aromatic rings. The minimum Gasteiger partial charge on any atom is -0.355 e. The molecule has 1 aromatic carbocycles. The summed E-state index contributed by atoms with van der Waals surface area (Å²) in [5.74, 6) is 2.20. The summed E-state index contributed by atoms with van der Waals surface area (Å²) in [6, 6.07) is 7.14. The second-order valence-electron chi connectivity index (χ2n) is 9.44. The number of piperidine rings is 1. The number of aryl methyl sites for hydroxylation is 1. The lowest BCUT2D eigenvalue weighted by molar-refractivity contribution is -0.126. The van der Waals surface area contributed by atoms with Crippen LogP contribution in [0.2, 0.25) is 0 Å². The van der Waals surface area contributed by atoms with Gasteiger partial charge in [-0.05, 0) is 49.3 Å². The number of fused-ring (bicyclic) bond motifs is 1. The van der Waals surface area contributed by atoms with Gasteiger partial charge >= 0.3 is 0 Å². The van der Waals surface area contributed by atoms with E-state index in [1.807, 2.05) is 12.1 Å². The Morgan fingerprint density at radius 3 is 2.48 bits per heavy atom. The van der Waals surface area contributed by atoms with E-state index in [1.165, 1.54) is 10.7 Å². The average Bonchev–Trinajstić information content (AvgIpc) is 3.04. The lowest BCUT2D eigenvalue weighted by atomic mass is 9.97. The highest BCUT2D eigenvalue weighted by molar-refractivity contribution is 7.89. The zero-order chi connectivity index (χ0) is 23.4. The molecule has 1 N–H and O–H groups in total. The van der Waals surface area contributed by atoms with Crippen LogP contribution in [0.15, 0.2) is 29.2 Å². The van der Waals surface area contributed by atoms with Gasteiger partial charge in [0.15, 0.2) is 0 Å². The maximum absolute atomic E-state index is 13.0. The first kappa shape index (κ1) is 23.9. The molecular weight excluding hydrogens is 438 g/mol. The first-order chi connectivity index (χ1) is 15.9. The summed E-state index contributed by atoms with van der Waals surface area (Å²) in [6.07, 6.45) is 6.24. The minimum absolute atomic E-state index is 0.00365. The van der Waals surface area contributed by atoms with Crippen molar-refractivity contribution in [3.63, 3.8) is 0 Å². The predicted octanol–water partition coefficient (Wildman–Crippen LogP) is 2.89. The fourth-order valence-electron chi connectivity index (χ4n) is 4.70. The van der Waals surface area contributed by atoms with Gasteiger partial charge < -0.3 is 9.88 Å². The van der Waals surface area contributed by atoms with Crippen LogP contribution in [0.3, 0.4) is 0 Å². The van der Waals surface area contributed by atoms with Gasteiger partial charge in [0.2, 0.25) is 15.9 Å². The van der Waals surface area contributed by atoms with Gasteiger partial charge in [-0.2, -0.15) is 4.31 Å². The molecule has 0 aliphatic carbocycles. The lowest BCUT2D eigenvalue weighted by Crippen LogP contribution is -2.43. The standard InChI is InChI=1S/C24H35N5O3S/c1-18(2)19-7-9-21(10-8-19)33(31,32)28-16-12-20(13-17-28)24(30)25-14-11-23-27-26-22-6-4-3-5-15-29(22)23/h7-10,18,20H,3-6,11-17H2,1-2H3,(H,25,30). The summed E-state index contributed by atoms with van der Waals surface area (Å²) < 4.78 is 29.7. The Morgan fingerprint density at radius 2 is 1.79 bits per heavy atom. The van der Waals surface area contributed by atoms with Crippen molar-refractivity contribution in [3.05, 3.63) is 41.5 Å². The van der Waals surface area contributed by atoms with Gasteiger partial charge in [0.1, 0.15) is 11.6 Å². The van der Waals surface area contributed by atoms with E-state index in [0.29, 0.717) is 49.7 Å². The van der Waals surface area contributed by atoms with Crippen LogP contribution >= 0.6 is 0 Å². The highest BCUT2D eigenvalue weighted by Crippen LogP contribution is 2.25. The molecule has 2 aliphatic heterocycles. The average molecular weight is 474 g/mol. The van der Waals surface area contributed by atoms with Crippen LogP contribution in [0.25, 0.3) is 0 Å². The van der Waals surface area contributed by atoms with Crippen molar-refractivity contribution in [2.75, 3.05) is 19.6 Å². The molecule has 0 atom stereocenters. The van der Waals surface area contributed by atoms with Crippen molar-refractivity contribution in [1.82, 2.24) is 24.4 Å². The van der Waals surface area contributed by atoms with Crippen molar-refractivity contribution in [3.8, 4) is 0 Å². The zero-order valence-electron chi connectivity index (χ0n) is 19.7. The van der Waals surface area contributed by atoms with Gasteiger partial charge in [0.05, 0.1) is 4.90 Å². The van der Waals surface area contributed by atoms with Gasteiger partial charge in [-0.15, -0.1) is 10.2 Å². The molecular formula is C24H35N5O3S. The summed E-state index contributed by atoms with van der Waals surface area (Å²) in [5.41, 5.74) is 1.12. The number of nitrogens with one attached hydrogen (secondary N) is 1. The molecule has 3 heterocycles. The quantitative estimate of drug-likeness (QED) is 0.667. The first-order valence-electron chi connectivity index (χ1n) is 12.1. The number of benzene rings is 1. The second-order valence-corrected chi connectivity index (χ2v) is 11.4. The number of carbonyl (C=O) groups excluding carboxylic acids is 1. The zero-order valence-corrected chi connectivity index (χ0v) is 20.5. The van der Waals surface area contributed by atoms with Crippen LogP contribution in [0, 0.1) is 5.92 Å². The molecule has 4 rings (SSSR count). The minimum atomic E-state index is -3.53. The molecule has 0 spiro atoms. The molecule has 0 bridgehead atoms. The highest BCUT2D eigenvalue weighted by atomic mass is 32.2. The number of aromatic nitrogens is 3. The number of hydrogen-bond acceptors (Lipinski definition) is 5. The normalized spacial score (nSPS) is 18.2. The van der Waals surface area contributed by atoms with E-state index in [-0.39, 0.29) is 11.8 Å². The van der Waals surface area contributed by atoms with Crippen molar-refractivity contribution < 1.29 is 13.2 Å². The Hall–Kier alpha value is -2.26. The summed E-state index contributed by atoms with van der Waals surface area (Å²) in [5, 5.41) is 11.7. The summed E-state index contributed by atoms with van der Waals surface area (Å²) >= 11 is 0. The third kappa shape index (κ3) is 5.46. The van der Waals surface area contributed by atoms with E-state index < -0.39 is 10.0 Å². The maximum atomic E-state index is 13.0. The van der Waals surface area contributed by atoms with Gasteiger partial charge in [0.25, 0.3) is 0 Å². The molecule has 1 saturated heterocycles. The van der Waals surface area contributed by atoms with Crippen LogP contribution < -0.4 is 5.32 Å². The van der Waals surface area contributed by atoms with Crippen LogP contribution in [0.4, 0.5) is 0 Å². The third-order valence-electron chi connectivity index (χ3n) is 6.84. The van der Waals surface area contributed by atoms with Gasteiger partial charge in [-0.25, -0.2) is 8.42 Å². The number of hydrogen-bond donors (Lipinski definition) is 1. The predicted molar refractivity (Wildman–Crippen MR) is 126 cm³/mol. The molecule has 0 saturated carbocycles. The van der Waals surface area contributed by atoms with Crippen molar-refractivity contribution in [2.24, 2.45) is 5.92 Å². The lowest BCUT2D eigenvalue weighted by Gasteiger charge is -2.30. The fraction of sp³-hybridized carbons (Fsp3) is 0.625. The largest absolute Gasteiger partial charge is 0.355 e. The summed E-state index contributed by atoms with van der Waals surface area (Å²) in [7, 11) is -3.53. The van der Waals surface area contributed by atoms with Crippen molar-refractivity contribution in [2.45, 2.75) is 76.2 Å². The number of sulfonamides is 1. The third-order valence-corrected chi connectivity index (χ3v) is 8.76. The number of nitrogens with zero attached hydrogens (tertiary/aromatic N) is 4. The van der Waals surface area contributed by atoms with Crippen LogP contribution in [0.5, 0.6) is 0 Å². The van der Waals surface area contributed by atoms with Gasteiger partial charge in [-0.1, -0.05) is 32.4 Å². The molecule has 0 radical (unpaired) electrons. The SMILES string of the molecule is CC(C)c1ccc(S(=O)(=O)N2CCC(C(=O)NCCc3nnc4n3CCCCC4)CC2)cc1. The van der Waals surface area contributed by atoms with Crippen LogP contribution in [-0.2, 0) is 34.2 Å². The van der Waals surface area contributed by atoms with Gasteiger partial charge in [0, 0.05) is 44.9 Å². The van der Waals surface area contributed by atoms with E-state index in [0.717, 1.165) is 43.0 Å². The second kappa shape index (κ2) is 10.3. The molecule has 2 aliphatic rings. The number of carbonyl (C=O) groups is 1. The molecule has 180 valence electrons. The molecule has 0 unspecified atom stereocenters. The molecule has 9 heteroatoms. The monoisotopic (exact) mass is 473 g/mol. The van der Waals surface area contributed by atoms with Gasteiger partial charge in [-0.3, -0.25) is 4.79 Å². The van der Waals surface area contributed by atoms with Crippen molar-refractivity contribution in [1.29, 1.82) is 0 Å². The van der Waals surface area contributed by atoms with E-state index in [1.54, 1.807) is 12.1 Å². The Morgan fingerprint density at radius 1 is 1.06 bits per heavy atom. The smallest absolute Gasteiger partial charge is 0.243 e. The molecule has 33 heavy (non-hydrogen) atoms. The first-order valence-corrected chi connectivity index (χ1v) is 13.6. The van der Waals surface area contributed by atoms with Crippen LogP contribution in [-0.4, -0.2) is 53.0 Å². The highest BCUT2D eigenvalue weighted by Gasteiger charge is 2.32. The Labute approximate surface area is 196 Å². The molecule has 8 nitrogen and oxygen atoms in total. The molecule has 1 aromatic heterocycles. The summed E-state index contributed by atoms with van der Waals surface area (Å²) in [4.78, 5) is 13.0. The topological polar surface area (TPSA) is 97.2 Å². The van der Waals surface area contributed by atoms with Crippen LogP contribution in [0.1, 0.15) is 69.1 Å². The van der Waals surface area contributed by atoms with E-state index in [2.05, 4.69) is 33.9 Å². The van der Waals surface area contributed by atoms with E-state index >= 15 is 0 Å². The Balaban J connectivity index is 1.26. The Kier molecular flexibility index (Phi) is 7.48. The molecule has 1 fully saturated rings. The van der Waals surface area contributed by atoms with E-state index in [4.69, 9.17) is 0 Å². The van der Waals surface area contributed by atoms with Crippen molar-refractivity contribution >= 4 is 15.9 Å².